The number of nitrogens with zero attached hydrogens (tertiary/aromatic N) is 1. The van der Waals surface area contributed by atoms with Crippen molar-refractivity contribution in [2.24, 2.45) is 5.92 Å². The molecule has 2 amide bonds. The van der Waals surface area contributed by atoms with Crippen molar-refractivity contribution in [1.29, 1.82) is 0 Å². The summed E-state index contributed by atoms with van der Waals surface area (Å²) >= 11 is 0. The molecule has 1 saturated heterocycles. The van der Waals surface area contributed by atoms with Gasteiger partial charge in [0.25, 0.3) is 0 Å². The fourth-order valence-electron chi connectivity index (χ4n) is 1.80. The first kappa shape index (κ1) is 15.5. The first-order chi connectivity index (χ1) is 8.74. The van der Waals surface area contributed by atoms with Crippen molar-refractivity contribution in [3.63, 3.8) is 0 Å². The summed E-state index contributed by atoms with van der Waals surface area (Å²) in [5.41, 5.74) is -0.578. The van der Waals surface area contributed by atoms with Crippen LogP contribution in [0.4, 0.5) is 4.79 Å². The minimum Gasteiger partial charge on any atom is -0.460 e. The monoisotopic (exact) mass is 271 g/mol. The van der Waals surface area contributed by atoms with E-state index >= 15 is 0 Å². The van der Waals surface area contributed by atoms with E-state index in [4.69, 9.17) is 9.47 Å². The van der Waals surface area contributed by atoms with Crippen LogP contribution in [-0.2, 0) is 19.1 Å². The number of imide groups is 1. The van der Waals surface area contributed by atoms with Crippen LogP contribution in [0.15, 0.2) is 0 Å². The first-order valence-corrected chi connectivity index (χ1v) is 6.44. The summed E-state index contributed by atoms with van der Waals surface area (Å²) in [7, 11) is 0. The van der Waals surface area contributed by atoms with E-state index in [1.165, 1.54) is 0 Å². The molecule has 108 valence electrons. The van der Waals surface area contributed by atoms with Crippen LogP contribution in [0, 0.1) is 5.92 Å². The van der Waals surface area contributed by atoms with Crippen molar-refractivity contribution in [3.8, 4) is 0 Å². The van der Waals surface area contributed by atoms with E-state index in [-0.39, 0.29) is 25.5 Å². The molecule has 1 aliphatic rings. The predicted molar refractivity (Wildman–Crippen MR) is 67.3 cm³/mol. The van der Waals surface area contributed by atoms with E-state index in [2.05, 4.69) is 0 Å². The van der Waals surface area contributed by atoms with E-state index in [1.807, 2.05) is 0 Å². The number of rotatable bonds is 4. The van der Waals surface area contributed by atoms with Crippen molar-refractivity contribution < 1.29 is 23.9 Å². The molecule has 1 atom stereocenters. The van der Waals surface area contributed by atoms with E-state index in [0.717, 1.165) is 4.90 Å². The van der Waals surface area contributed by atoms with Gasteiger partial charge in [-0.2, -0.15) is 0 Å². The van der Waals surface area contributed by atoms with E-state index in [9.17, 15) is 14.4 Å². The van der Waals surface area contributed by atoms with Crippen molar-refractivity contribution in [1.82, 2.24) is 4.90 Å². The van der Waals surface area contributed by atoms with Gasteiger partial charge in [0.2, 0.25) is 5.91 Å². The standard InChI is InChI=1S/C13H21NO5/c1-5-9(8-10(15)19-13(2,3)4)11(16)14-6-7-18-12(14)17/h9H,5-8H2,1-4H3. The molecule has 0 aromatic carbocycles. The SMILES string of the molecule is CCC(CC(=O)OC(C)(C)C)C(=O)N1CCOC1=O. The Bertz CT molecular complexity index is 372. The highest BCUT2D eigenvalue weighted by molar-refractivity contribution is 5.95. The zero-order valence-electron chi connectivity index (χ0n) is 11.9. The maximum atomic E-state index is 12.1. The van der Waals surface area contributed by atoms with Crippen LogP contribution in [0.1, 0.15) is 40.5 Å². The molecule has 0 bridgehead atoms. The van der Waals surface area contributed by atoms with E-state index in [1.54, 1.807) is 27.7 Å². The molecule has 1 unspecified atom stereocenters. The predicted octanol–water partition coefficient (Wildman–Crippen LogP) is 1.72. The normalized spacial score (nSPS) is 17.1. The van der Waals surface area contributed by atoms with E-state index in [0.29, 0.717) is 6.42 Å². The number of carbonyl (C=O) groups excluding carboxylic acids is 3. The fraction of sp³-hybridized carbons (Fsp3) is 0.769. The molecule has 0 saturated carbocycles. The van der Waals surface area contributed by atoms with Crippen LogP contribution in [-0.4, -0.2) is 41.6 Å². The number of carbonyl (C=O) groups is 3. The van der Waals surface area contributed by atoms with Gasteiger partial charge in [0.15, 0.2) is 0 Å². The topological polar surface area (TPSA) is 72.9 Å². The Hall–Kier alpha value is -1.59. The zero-order chi connectivity index (χ0) is 14.6. The third kappa shape index (κ3) is 4.54. The molecule has 1 heterocycles. The summed E-state index contributed by atoms with van der Waals surface area (Å²) in [5, 5.41) is 0. The lowest BCUT2D eigenvalue weighted by atomic mass is 10.0. The minimum absolute atomic E-state index is 0.0175. The highest BCUT2D eigenvalue weighted by Gasteiger charge is 2.34. The van der Waals surface area contributed by atoms with Crippen LogP contribution in [0.2, 0.25) is 0 Å². The molecule has 1 aliphatic heterocycles. The summed E-state index contributed by atoms with van der Waals surface area (Å²) < 4.78 is 9.90. The summed E-state index contributed by atoms with van der Waals surface area (Å²) in [4.78, 5) is 36.2. The number of ether oxygens (including phenoxy) is 2. The third-order valence-electron chi connectivity index (χ3n) is 2.70. The zero-order valence-corrected chi connectivity index (χ0v) is 11.9. The molecule has 0 N–H and O–H groups in total. The molecular formula is C13H21NO5. The molecule has 0 aromatic rings. The largest absolute Gasteiger partial charge is 0.460 e. The van der Waals surface area contributed by atoms with Gasteiger partial charge >= 0.3 is 12.1 Å². The van der Waals surface area contributed by atoms with Gasteiger partial charge in [0.05, 0.1) is 13.0 Å². The molecule has 0 aromatic heterocycles. The molecule has 1 rings (SSSR count). The van der Waals surface area contributed by atoms with Gasteiger partial charge in [-0.3, -0.25) is 9.59 Å². The van der Waals surface area contributed by atoms with Gasteiger partial charge in [-0.05, 0) is 27.2 Å². The fourth-order valence-corrected chi connectivity index (χ4v) is 1.80. The number of hydrogen-bond donors (Lipinski definition) is 0. The molecule has 6 heteroatoms. The highest BCUT2D eigenvalue weighted by Crippen LogP contribution is 2.18. The lowest BCUT2D eigenvalue weighted by Gasteiger charge is -2.22. The summed E-state index contributed by atoms with van der Waals surface area (Å²) in [6, 6.07) is 0. The Morgan fingerprint density at radius 2 is 2.05 bits per heavy atom. The summed E-state index contributed by atoms with van der Waals surface area (Å²) in [6.45, 7) is 7.58. The molecule has 19 heavy (non-hydrogen) atoms. The van der Waals surface area contributed by atoms with Crippen molar-refractivity contribution in [2.45, 2.75) is 46.1 Å². The van der Waals surface area contributed by atoms with Gasteiger partial charge in [0.1, 0.15) is 12.2 Å². The number of hydrogen-bond acceptors (Lipinski definition) is 5. The van der Waals surface area contributed by atoms with Gasteiger partial charge in [0, 0.05) is 5.92 Å². The Labute approximate surface area is 113 Å². The quantitative estimate of drug-likeness (QED) is 0.728. The summed E-state index contributed by atoms with van der Waals surface area (Å²) in [6.07, 6.45) is -0.175. The molecule has 0 spiro atoms. The summed E-state index contributed by atoms with van der Waals surface area (Å²) in [5.74, 6) is -1.34. The second-order valence-electron chi connectivity index (χ2n) is 5.50. The second kappa shape index (κ2) is 6.04. The van der Waals surface area contributed by atoms with Gasteiger partial charge in [-0.15, -0.1) is 0 Å². The minimum atomic E-state index is -0.632. The van der Waals surface area contributed by atoms with Crippen LogP contribution < -0.4 is 0 Å². The van der Waals surface area contributed by atoms with Crippen LogP contribution in [0.5, 0.6) is 0 Å². The van der Waals surface area contributed by atoms with Gasteiger partial charge in [-0.1, -0.05) is 6.92 Å². The second-order valence-corrected chi connectivity index (χ2v) is 5.50. The maximum absolute atomic E-state index is 12.1. The van der Waals surface area contributed by atoms with Gasteiger partial charge in [-0.25, -0.2) is 9.69 Å². The molecule has 1 fully saturated rings. The van der Waals surface area contributed by atoms with Crippen molar-refractivity contribution in [3.05, 3.63) is 0 Å². The van der Waals surface area contributed by atoms with Crippen molar-refractivity contribution in [2.75, 3.05) is 13.2 Å². The van der Waals surface area contributed by atoms with E-state index < -0.39 is 23.6 Å². The Morgan fingerprint density at radius 1 is 1.42 bits per heavy atom. The number of amides is 2. The van der Waals surface area contributed by atoms with Gasteiger partial charge < -0.3 is 9.47 Å². The number of cyclic esters (lactones) is 1. The highest BCUT2D eigenvalue weighted by atomic mass is 16.6. The maximum Gasteiger partial charge on any atom is 0.416 e. The Balaban J connectivity index is 2.60. The lowest BCUT2D eigenvalue weighted by Crippen LogP contribution is -2.38. The lowest BCUT2D eigenvalue weighted by molar-refractivity contribution is -0.158. The molecular weight excluding hydrogens is 250 g/mol. The van der Waals surface area contributed by atoms with Crippen LogP contribution in [0.25, 0.3) is 0 Å². The smallest absolute Gasteiger partial charge is 0.416 e. The average Bonchev–Trinajstić information content (AvgIpc) is 2.69. The first-order valence-electron chi connectivity index (χ1n) is 6.44. The molecule has 0 aliphatic carbocycles. The van der Waals surface area contributed by atoms with Crippen LogP contribution >= 0.6 is 0 Å². The van der Waals surface area contributed by atoms with Crippen molar-refractivity contribution >= 4 is 18.0 Å². The Morgan fingerprint density at radius 3 is 2.47 bits per heavy atom. The Kier molecular flexibility index (Phi) is 4.91. The molecule has 6 nitrogen and oxygen atoms in total. The average molecular weight is 271 g/mol. The van der Waals surface area contributed by atoms with Crippen LogP contribution in [0.3, 0.4) is 0 Å². The third-order valence-corrected chi connectivity index (χ3v) is 2.70. The number of esters is 1. The molecule has 0 radical (unpaired) electrons.